The third-order valence-electron chi connectivity index (χ3n) is 5.57. The first-order chi connectivity index (χ1) is 15.0. The van der Waals surface area contributed by atoms with E-state index in [0.717, 1.165) is 5.56 Å². The second-order valence-electron chi connectivity index (χ2n) is 7.71. The average Bonchev–Trinajstić information content (AvgIpc) is 3.27. The molecule has 7 heteroatoms. The van der Waals surface area contributed by atoms with Crippen LogP contribution >= 0.6 is 0 Å². The summed E-state index contributed by atoms with van der Waals surface area (Å²) in [5, 5.41) is 4.31. The number of hydrogen-bond donors (Lipinski definition) is 0. The van der Waals surface area contributed by atoms with Gasteiger partial charge in [-0.15, -0.1) is 0 Å². The van der Waals surface area contributed by atoms with Crippen molar-refractivity contribution >= 4 is 11.7 Å². The molecule has 0 spiro atoms. The predicted octanol–water partition coefficient (Wildman–Crippen LogP) is 3.81. The quantitative estimate of drug-likeness (QED) is 0.568. The minimum Gasteiger partial charge on any atom is -0.496 e. The molecule has 1 fully saturated rings. The maximum absolute atomic E-state index is 13.7. The largest absolute Gasteiger partial charge is 0.496 e. The summed E-state index contributed by atoms with van der Waals surface area (Å²) in [6.07, 6.45) is 4.65. The highest BCUT2D eigenvalue weighted by Crippen LogP contribution is 2.27. The van der Waals surface area contributed by atoms with Gasteiger partial charge in [-0.25, -0.2) is 4.39 Å². The van der Waals surface area contributed by atoms with Crippen LogP contribution in [0.5, 0.6) is 5.75 Å². The van der Waals surface area contributed by atoms with Gasteiger partial charge in [0.25, 0.3) is 5.91 Å². The number of methoxy groups -OCH3 is 1. The summed E-state index contributed by atoms with van der Waals surface area (Å²) in [4.78, 5) is 27.7. The number of nitrogens with zero attached hydrogens (tertiary/aromatic N) is 3. The Balaban J connectivity index is 1.46. The van der Waals surface area contributed by atoms with E-state index in [9.17, 15) is 14.0 Å². The van der Waals surface area contributed by atoms with Crippen LogP contribution in [0.3, 0.4) is 0 Å². The van der Waals surface area contributed by atoms with E-state index in [0.29, 0.717) is 43.8 Å². The van der Waals surface area contributed by atoms with Gasteiger partial charge in [0.05, 0.1) is 31.0 Å². The zero-order chi connectivity index (χ0) is 21.8. The van der Waals surface area contributed by atoms with E-state index in [4.69, 9.17) is 4.74 Å². The van der Waals surface area contributed by atoms with Crippen LogP contribution in [0.25, 0.3) is 0 Å². The van der Waals surface area contributed by atoms with Gasteiger partial charge in [-0.05, 0) is 36.6 Å². The summed E-state index contributed by atoms with van der Waals surface area (Å²) < 4.78 is 20.7. The number of benzene rings is 2. The molecule has 1 aromatic heterocycles. The minimum absolute atomic E-state index is 0.150. The molecule has 1 aliphatic heterocycles. The number of ketones is 1. The SMILES string of the molecule is COc1ccc(F)cc1C(=O)[C@H]1CCCN(C(=O)c2cnn(Cc3ccccc3)c2)C1. The van der Waals surface area contributed by atoms with Gasteiger partial charge in [-0.1, -0.05) is 30.3 Å². The Morgan fingerprint density at radius 3 is 2.77 bits per heavy atom. The van der Waals surface area contributed by atoms with Crippen LogP contribution in [0.2, 0.25) is 0 Å². The Labute approximate surface area is 180 Å². The van der Waals surface area contributed by atoms with E-state index in [1.54, 1.807) is 22.0 Å². The van der Waals surface area contributed by atoms with Crippen LogP contribution in [0.4, 0.5) is 4.39 Å². The molecule has 0 bridgehead atoms. The van der Waals surface area contributed by atoms with Crippen LogP contribution in [-0.2, 0) is 6.54 Å². The number of amides is 1. The Morgan fingerprint density at radius 2 is 2.00 bits per heavy atom. The van der Waals surface area contributed by atoms with Crippen molar-refractivity contribution in [1.29, 1.82) is 0 Å². The number of likely N-dealkylation sites (tertiary alicyclic amines) is 1. The number of piperidine rings is 1. The molecule has 2 aromatic carbocycles. The Morgan fingerprint density at radius 1 is 1.19 bits per heavy atom. The summed E-state index contributed by atoms with van der Waals surface area (Å²) in [6, 6.07) is 13.8. The molecule has 4 rings (SSSR count). The highest BCUT2D eigenvalue weighted by Gasteiger charge is 2.31. The Kier molecular flexibility index (Phi) is 6.11. The fraction of sp³-hybridized carbons (Fsp3) is 0.292. The zero-order valence-electron chi connectivity index (χ0n) is 17.3. The van der Waals surface area contributed by atoms with E-state index < -0.39 is 11.7 Å². The standard InChI is InChI=1S/C24H24FN3O3/c1-31-22-10-9-20(25)12-21(22)23(29)18-8-5-11-27(15-18)24(30)19-13-26-28(16-19)14-17-6-3-2-4-7-17/h2-4,6-7,9-10,12-13,16,18H,5,8,11,14-15H2,1H3/t18-/m0/s1. The highest BCUT2D eigenvalue weighted by molar-refractivity contribution is 6.01. The molecular formula is C24H24FN3O3. The lowest BCUT2D eigenvalue weighted by Crippen LogP contribution is -2.42. The molecule has 0 saturated carbocycles. The molecule has 31 heavy (non-hydrogen) atoms. The van der Waals surface area contributed by atoms with Crippen LogP contribution in [-0.4, -0.2) is 46.6 Å². The third-order valence-corrected chi connectivity index (χ3v) is 5.57. The summed E-state index contributed by atoms with van der Waals surface area (Å²) in [5.41, 5.74) is 1.81. The molecule has 3 aromatic rings. The van der Waals surface area contributed by atoms with Gasteiger partial charge in [-0.2, -0.15) is 5.10 Å². The van der Waals surface area contributed by atoms with E-state index >= 15 is 0 Å². The molecule has 1 amide bonds. The van der Waals surface area contributed by atoms with Gasteiger partial charge in [-0.3, -0.25) is 14.3 Å². The monoisotopic (exact) mass is 421 g/mol. The minimum atomic E-state index is -0.487. The summed E-state index contributed by atoms with van der Waals surface area (Å²) in [6.45, 7) is 1.45. The van der Waals surface area contributed by atoms with Crippen molar-refractivity contribution in [2.45, 2.75) is 19.4 Å². The molecule has 0 N–H and O–H groups in total. The van der Waals surface area contributed by atoms with E-state index in [2.05, 4.69) is 5.10 Å². The van der Waals surface area contributed by atoms with E-state index in [1.807, 2.05) is 30.3 Å². The summed E-state index contributed by atoms with van der Waals surface area (Å²) in [7, 11) is 1.45. The van der Waals surface area contributed by atoms with Crippen LogP contribution in [0, 0.1) is 11.7 Å². The fourth-order valence-corrected chi connectivity index (χ4v) is 3.98. The highest BCUT2D eigenvalue weighted by atomic mass is 19.1. The molecule has 6 nitrogen and oxygen atoms in total. The number of halogens is 1. The van der Waals surface area contributed by atoms with Crippen LogP contribution in [0.15, 0.2) is 60.9 Å². The van der Waals surface area contributed by atoms with Crippen molar-refractivity contribution in [2.75, 3.05) is 20.2 Å². The van der Waals surface area contributed by atoms with Crippen molar-refractivity contribution in [1.82, 2.24) is 14.7 Å². The number of Topliss-reactive ketones (excluding diaryl/α,β-unsaturated/α-hetero) is 1. The second kappa shape index (κ2) is 9.12. The maximum Gasteiger partial charge on any atom is 0.257 e. The average molecular weight is 421 g/mol. The van der Waals surface area contributed by atoms with Gasteiger partial charge in [0.2, 0.25) is 0 Å². The fourth-order valence-electron chi connectivity index (χ4n) is 3.98. The van der Waals surface area contributed by atoms with Gasteiger partial charge in [0.1, 0.15) is 11.6 Å². The molecule has 160 valence electrons. The molecule has 1 saturated heterocycles. The third kappa shape index (κ3) is 4.66. The van der Waals surface area contributed by atoms with Crippen molar-refractivity contribution in [3.05, 3.63) is 83.4 Å². The number of hydrogen-bond acceptors (Lipinski definition) is 4. The molecule has 0 radical (unpaired) electrons. The number of ether oxygens (including phenoxy) is 1. The van der Waals surface area contributed by atoms with Gasteiger partial charge in [0.15, 0.2) is 5.78 Å². The lowest BCUT2D eigenvalue weighted by atomic mass is 9.89. The van der Waals surface area contributed by atoms with Gasteiger partial charge < -0.3 is 9.64 Å². The maximum atomic E-state index is 13.7. The topological polar surface area (TPSA) is 64.4 Å². The van der Waals surface area contributed by atoms with E-state index in [1.165, 1.54) is 25.3 Å². The summed E-state index contributed by atoms with van der Waals surface area (Å²) >= 11 is 0. The summed E-state index contributed by atoms with van der Waals surface area (Å²) in [5.74, 6) is -0.889. The number of carbonyl (C=O) groups excluding carboxylic acids is 2. The van der Waals surface area contributed by atoms with Crippen molar-refractivity contribution in [3.63, 3.8) is 0 Å². The number of rotatable bonds is 6. The molecular weight excluding hydrogens is 397 g/mol. The molecule has 1 atom stereocenters. The lowest BCUT2D eigenvalue weighted by Gasteiger charge is -2.32. The first-order valence-corrected chi connectivity index (χ1v) is 10.3. The zero-order valence-corrected chi connectivity index (χ0v) is 17.3. The smallest absolute Gasteiger partial charge is 0.257 e. The molecule has 1 aliphatic rings. The predicted molar refractivity (Wildman–Crippen MR) is 114 cm³/mol. The van der Waals surface area contributed by atoms with Gasteiger partial charge >= 0.3 is 0 Å². The van der Waals surface area contributed by atoms with E-state index in [-0.39, 0.29) is 17.3 Å². The molecule has 2 heterocycles. The molecule has 0 aliphatic carbocycles. The van der Waals surface area contributed by atoms with Crippen molar-refractivity contribution < 1.29 is 18.7 Å². The number of carbonyl (C=O) groups is 2. The first-order valence-electron chi connectivity index (χ1n) is 10.3. The second-order valence-corrected chi connectivity index (χ2v) is 7.71. The Hall–Kier alpha value is -3.48. The molecule has 0 unspecified atom stereocenters. The van der Waals surface area contributed by atoms with Crippen LogP contribution < -0.4 is 4.74 Å². The Bertz CT molecular complexity index is 1080. The van der Waals surface area contributed by atoms with Gasteiger partial charge in [0, 0.05) is 25.2 Å². The lowest BCUT2D eigenvalue weighted by molar-refractivity contribution is 0.0636. The normalized spacial score (nSPS) is 16.2. The number of aromatic nitrogens is 2. The van der Waals surface area contributed by atoms with Crippen LogP contribution in [0.1, 0.15) is 39.1 Å². The van der Waals surface area contributed by atoms with Crippen molar-refractivity contribution in [3.8, 4) is 5.75 Å². The van der Waals surface area contributed by atoms with Crippen molar-refractivity contribution in [2.24, 2.45) is 5.92 Å². The first kappa shape index (κ1) is 20.8.